The van der Waals surface area contributed by atoms with Gasteiger partial charge in [0.2, 0.25) is 15.9 Å². The van der Waals surface area contributed by atoms with Crippen molar-refractivity contribution in [2.75, 3.05) is 51.3 Å². The summed E-state index contributed by atoms with van der Waals surface area (Å²) < 4.78 is 33.8. The van der Waals surface area contributed by atoms with Gasteiger partial charge in [-0.1, -0.05) is 23.7 Å². The third-order valence-corrected chi connectivity index (χ3v) is 9.40. The van der Waals surface area contributed by atoms with Crippen LogP contribution in [-0.4, -0.2) is 81.0 Å². The van der Waals surface area contributed by atoms with Gasteiger partial charge in [-0.05, 0) is 65.9 Å². The number of carbonyl (C=O) groups excluding carboxylic acids is 1. The molecule has 0 bridgehead atoms. The summed E-state index contributed by atoms with van der Waals surface area (Å²) >= 11 is 6.07. The summed E-state index contributed by atoms with van der Waals surface area (Å²) in [6.45, 7) is 2.76. The summed E-state index contributed by atoms with van der Waals surface area (Å²) in [4.78, 5) is 21.8. The standard InChI is InChI=1S/C27H31ClN4O4S/c1-36-19-25-17-31(37(34,35)26-5-3-21-14-23(28)4-2-22(21)15-26)18-27(33)32(25)16-20-8-12-30(13-9-20)24-6-10-29-11-7-24/h2-7,10-11,14-15,20,25H,8-9,12-13,16-19H2,1H3. The first-order valence-corrected chi connectivity index (χ1v) is 14.3. The molecule has 5 rings (SSSR count). The molecule has 2 saturated heterocycles. The first kappa shape index (κ1) is 25.9. The highest BCUT2D eigenvalue weighted by Gasteiger charge is 2.39. The topological polar surface area (TPSA) is 83.0 Å². The summed E-state index contributed by atoms with van der Waals surface area (Å²) in [7, 11) is -2.28. The van der Waals surface area contributed by atoms with Crippen LogP contribution in [0, 0.1) is 5.92 Å². The average molecular weight is 543 g/mol. The number of hydrogen-bond acceptors (Lipinski definition) is 6. The number of sulfonamides is 1. The molecule has 8 nitrogen and oxygen atoms in total. The van der Waals surface area contributed by atoms with E-state index in [1.165, 1.54) is 4.31 Å². The fourth-order valence-corrected chi connectivity index (χ4v) is 6.97. The van der Waals surface area contributed by atoms with Crippen molar-refractivity contribution in [1.82, 2.24) is 14.2 Å². The number of piperidine rings is 1. The van der Waals surface area contributed by atoms with Crippen LogP contribution >= 0.6 is 11.6 Å². The van der Waals surface area contributed by atoms with Crippen molar-refractivity contribution in [3.8, 4) is 0 Å². The number of aromatic nitrogens is 1. The van der Waals surface area contributed by atoms with Crippen LogP contribution in [0.3, 0.4) is 0 Å². The van der Waals surface area contributed by atoms with E-state index < -0.39 is 10.0 Å². The van der Waals surface area contributed by atoms with Gasteiger partial charge in [0.05, 0.1) is 24.1 Å². The maximum absolute atomic E-state index is 13.5. The Kier molecular flexibility index (Phi) is 7.67. The molecule has 1 amide bonds. The Bertz CT molecular complexity index is 1360. The van der Waals surface area contributed by atoms with Crippen molar-refractivity contribution in [2.24, 2.45) is 5.92 Å². The minimum Gasteiger partial charge on any atom is -0.382 e. The molecule has 37 heavy (non-hydrogen) atoms. The number of fused-ring (bicyclic) bond motifs is 1. The number of hydrogen-bond donors (Lipinski definition) is 0. The van der Waals surface area contributed by atoms with Crippen LogP contribution in [0.1, 0.15) is 12.8 Å². The van der Waals surface area contributed by atoms with E-state index in [-0.39, 0.29) is 36.5 Å². The number of ether oxygens (including phenoxy) is 1. The van der Waals surface area contributed by atoms with E-state index in [1.54, 1.807) is 55.9 Å². The van der Waals surface area contributed by atoms with Gasteiger partial charge in [0.1, 0.15) is 0 Å². The number of halogens is 1. The molecule has 196 valence electrons. The number of amides is 1. The second-order valence-electron chi connectivity index (χ2n) is 9.74. The second-order valence-corrected chi connectivity index (χ2v) is 12.1. The number of methoxy groups -OCH3 is 1. The SMILES string of the molecule is COCC1CN(S(=O)(=O)c2ccc3cc(Cl)ccc3c2)CC(=O)N1CC1CCN(c2ccncc2)CC1. The summed E-state index contributed by atoms with van der Waals surface area (Å²) in [6.07, 6.45) is 5.54. The van der Waals surface area contributed by atoms with Gasteiger partial charge in [0.25, 0.3) is 0 Å². The van der Waals surface area contributed by atoms with E-state index in [0.717, 1.165) is 42.4 Å². The van der Waals surface area contributed by atoms with Crippen molar-refractivity contribution in [3.05, 3.63) is 65.9 Å². The van der Waals surface area contributed by atoms with Crippen LogP contribution in [0.5, 0.6) is 0 Å². The Labute approximate surface area is 222 Å². The molecule has 2 aliphatic heterocycles. The highest BCUT2D eigenvalue weighted by molar-refractivity contribution is 7.89. The number of anilines is 1. The summed E-state index contributed by atoms with van der Waals surface area (Å²) in [5.41, 5.74) is 1.16. The van der Waals surface area contributed by atoms with E-state index in [4.69, 9.17) is 16.3 Å². The van der Waals surface area contributed by atoms with Crippen molar-refractivity contribution in [2.45, 2.75) is 23.8 Å². The number of pyridine rings is 1. The minimum atomic E-state index is -3.86. The Morgan fingerprint density at radius 3 is 2.46 bits per heavy atom. The van der Waals surface area contributed by atoms with Crippen LogP contribution in [0.25, 0.3) is 10.8 Å². The lowest BCUT2D eigenvalue weighted by atomic mass is 9.95. The van der Waals surface area contributed by atoms with Gasteiger partial charge in [-0.3, -0.25) is 9.78 Å². The molecule has 1 aromatic heterocycles. The van der Waals surface area contributed by atoms with Crippen LogP contribution < -0.4 is 4.90 Å². The zero-order valence-corrected chi connectivity index (χ0v) is 22.4. The molecule has 1 atom stereocenters. The van der Waals surface area contributed by atoms with E-state index in [1.807, 2.05) is 17.0 Å². The molecule has 2 aromatic carbocycles. The van der Waals surface area contributed by atoms with Gasteiger partial charge in [0, 0.05) is 56.4 Å². The molecule has 10 heteroatoms. The van der Waals surface area contributed by atoms with E-state index >= 15 is 0 Å². The predicted octanol–water partition coefficient (Wildman–Crippen LogP) is 3.65. The van der Waals surface area contributed by atoms with Gasteiger partial charge in [-0.2, -0.15) is 4.31 Å². The highest BCUT2D eigenvalue weighted by atomic mass is 35.5. The molecular weight excluding hydrogens is 512 g/mol. The third-order valence-electron chi connectivity index (χ3n) is 7.35. The van der Waals surface area contributed by atoms with Crippen molar-refractivity contribution in [1.29, 1.82) is 0 Å². The molecule has 2 aliphatic rings. The second kappa shape index (κ2) is 10.9. The Morgan fingerprint density at radius 2 is 1.73 bits per heavy atom. The average Bonchev–Trinajstić information content (AvgIpc) is 2.91. The van der Waals surface area contributed by atoms with Crippen molar-refractivity contribution < 1.29 is 17.9 Å². The molecule has 0 saturated carbocycles. The summed E-state index contributed by atoms with van der Waals surface area (Å²) in [6, 6.07) is 14.0. The molecule has 2 fully saturated rings. The Hall–Kier alpha value is -2.72. The van der Waals surface area contributed by atoms with Gasteiger partial charge in [0.15, 0.2) is 0 Å². The number of piperazine rings is 1. The number of rotatable bonds is 7. The molecule has 0 spiro atoms. The summed E-state index contributed by atoms with van der Waals surface area (Å²) in [5, 5.41) is 2.23. The van der Waals surface area contributed by atoms with Crippen LogP contribution in [-0.2, 0) is 19.6 Å². The lowest BCUT2D eigenvalue weighted by molar-refractivity contribution is -0.140. The third kappa shape index (κ3) is 5.60. The minimum absolute atomic E-state index is 0.170. The van der Waals surface area contributed by atoms with Crippen LogP contribution in [0.15, 0.2) is 65.8 Å². The lowest BCUT2D eigenvalue weighted by Gasteiger charge is -2.43. The lowest BCUT2D eigenvalue weighted by Crippen LogP contribution is -2.60. The molecule has 3 heterocycles. The predicted molar refractivity (Wildman–Crippen MR) is 144 cm³/mol. The normalized spacial score (nSPS) is 20.1. The maximum Gasteiger partial charge on any atom is 0.243 e. The molecular formula is C27H31ClN4O4S. The molecule has 0 aliphatic carbocycles. The van der Waals surface area contributed by atoms with Gasteiger partial charge < -0.3 is 14.5 Å². The monoisotopic (exact) mass is 542 g/mol. The molecule has 3 aromatic rings. The van der Waals surface area contributed by atoms with Crippen LogP contribution in [0.2, 0.25) is 5.02 Å². The molecule has 0 N–H and O–H groups in total. The van der Waals surface area contributed by atoms with Crippen molar-refractivity contribution in [3.63, 3.8) is 0 Å². The first-order valence-electron chi connectivity index (χ1n) is 12.5. The fraction of sp³-hybridized carbons (Fsp3) is 0.407. The van der Waals surface area contributed by atoms with Gasteiger partial charge >= 0.3 is 0 Å². The van der Waals surface area contributed by atoms with Crippen LogP contribution in [0.4, 0.5) is 5.69 Å². The highest BCUT2D eigenvalue weighted by Crippen LogP contribution is 2.28. The molecule has 0 radical (unpaired) electrons. The quantitative estimate of drug-likeness (QED) is 0.453. The van der Waals surface area contributed by atoms with Gasteiger partial charge in [-0.15, -0.1) is 0 Å². The fourth-order valence-electron chi connectivity index (χ4n) is 5.32. The zero-order chi connectivity index (χ0) is 26.0. The van der Waals surface area contributed by atoms with E-state index in [0.29, 0.717) is 17.5 Å². The number of nitrogens with zero attached hydrogens (tertiary/aromatic N) is 4. The van der Waals surface area contributed by atoms with E-state index in [9.17, 15) is 13.2 Å². The van der Waals surface area contributed by atoms with Gasteiger partial charge in [-0.25, -0.2) is 8.42 Å². The smallest absolute Gasteiger partial charge is 0.243 e. The Balaban J connectivity index is 1.28. The largest absolute Gasteiger partial charge is 0.382 e. The number of benzene rings is 2. The van der Waals surface area contributed by atoms with E-state index in [2.05, 4.69) is 9.88 Å². The summed E-state index contributed by atoms with van der Waals surface area (Å²) in [5.74, 6) is 0.179. The molecule has 1 unspecified atom stereocenters. The number of carbonyl (C=O) groups is 1. The Morgan fingerprint density at radius 1 is 1.03 bits per heavy atom. The first-order chi connectivity index (χ1) is 17.8. The maximum atomic E-state index is 13.5. The van der Waals surface area contributed by atoms with Crippen molar-refractivity contribution >= 4 is 44.0 Å². The zero-order valence-electron chi connectivity index (χ0n) is 20.8.